The summed E-state index contributed by atoms with van der Waals surface area (Å²) in [6, 6.07) is 4.06. The van der Waals surface area contributed by atoms with Gasteiger partial charge in [0, 0.05) is 0 Å². The highest BCUT2D eigenvalue weighted by Gasteiger charge is 2.16. The van der Waals surface area contributed by atoms with Crippen LogP contribution in [-0.4, -0.2) is 31.3 Å². The van der Waals surface area contributed by atoms with E-state index in [-0.39, 0.29) is 22.1 Å². The lowest BCUT2D eigenvalue weighted by atomic mass is 10.1. The van der Waals surface area contributed by atoms with E-state index in [2.05, 4.69) is 15.5 Å². The molecule has 0 spiro atoms. The van der Waals surface area contributed by atoms with Crippen LogP contribution in [0.4, 0.5) is 5.82 Å². The van der Waals surface area contributed by atoms with Gasteiger partial charge in [0.05, 0.1) is 17.3 Å². The summed E-state index contributed by atoms with van der Waals surface area (Å²) < 4.78 is 0. The molecule has 0 aliphatic carbocycles. The second kappa shape index (κ2) is 4.94. The van der Waals surface area contributed by atoms with Crippen LogP contribution in [0.15, 0.2) is 24.4 Å². The van der Waals surface area contributed by atoms with Gasteiger partial charge in [0.15, 0.2) is 11.5 Å². The van der Waals surface area contributed by atoms with E-state index in [0.29, 0.717) is 5.56 Å². The number of nitrogens with two attached hydrogens (primary N) is 1. The quantitative estimate of drug-likeness (QED) is 0.416. The number of H-pyrrole nitrogens is 1. The van der Waals surface area contributed by atoms with Crippen molar-refractivity contribution < 1.29 is 15.0 Å². The first-order valence-electron chi connectivity index (χ1n) is 5.16. The van der Waals surface area contributed by atoms with Gasteiger partial charge in [0.1, 0.15) is 10.8 Å². The van der Waals surface area contributed by atoms with Gasteiger partial charge in [-0.3, -0.25) is 9.89 Å². The second-order valence-electron chi connectivity index (χ2n) is 3.65. The number of nitrogens with one attached hydrogen (secondary N) is 2. The van der Waals surface area contributed by atoms with Crippen LogP contribution in [0, 0.1) is 0 Å². The minimum Gasteiger partial charge on any atom is -0.504 e. The maximum atomic E-state index is 11.9. The van der Waals surface area contributed by atoms with Gasteiger partial charge >= 0.3 is 0 Å². The zero-order valence-electron chi connectivity index (χ0n) is 9.54. The van der Waals surface area contributed by atoms with E-state index in [0.717, 1.165) is 0 Å². The van der Waals surface area contributed by atoms with E-state index < -0.39 is 11.7 Å². The highest BCUT2D eigenvalue weighted by molar-refractivity contribution is 7.80. The van der Waals surface area contributed by atoms with E-state index in [1.165, 1.54) is 24.4 Å². The molecule has 0 radical (unpaired) electrons. The van der Waals surface area contributed by atoms with Crippen LogP contribution >= 0.6 is 12.2 Å². The molecule has 6 N–H and O–H groups in total. The number of phenolic OH excluding ortho intramolecular Hbond substituents is 2. The fourth-order valence-corrected chi connectivity index (χ4v) is 1.62. The number of benzene rings is 1. The molecule has 0 bridgehead atoms. The molecule has 0 saturated heterocycles. The van der Waals surface area contributed by atoms with Crippen LogP contribution in [0.2, 0.25) is 0 Å². The number of aromatic amines is 1. The first-order chi connectivity index (χ1) is 9.00. The molecule has 0 aliphatic heterocycles. The van der Waals surface area contributed by atoms with Crippen LogP contribution in [-0.2, 0) is 0 Å². The molecule has 0 atom stereocenters. The lowest BCUT2D eigenvalue weighted by Gasteiger charge is -2.07. The minimum atomic E-state index is -0.629. The topological polar surface area (TPSA) is 124 Å². The van der Waals surface area contributed by atoms with Gasteiger partial charge < -0.3 is 21.3 Å². The molecule has 1 aromatic heterocycles. The molecule has 7 nitrogen and oxygen atoms in total. The zero-order chi connectivity index (χ0) is 14.0. The predicted molar refractivity (Wildman–Crippen MR) is 72.2 cm³/mol. The largest absolute Gasteiger partial charge is 0.504 e. The fourth-order valence-electron chi connectivity index (χ4n) is 1.46. The Morgan fingerprint density at radius 1 is 1.37 bits per heavy atom. The molecule has 0 saturated carbocycles. The van der Waals surface area contributed by atoms with E-state index in [1.807, 2.05) is 0 Å². The smallest absolute Gasteiger partial charge is 0.260 e. The number of nitrogens with zero attached hydrogens (tertiary/aromatic N) is 1. The molecule has 0 fully saturated rings. The van der Waals surface area contributed by atoms with Crippen molar-refractivity contribution in [3.63, 3.8) is 0 Å². The number of phenols is 2. The maximum absolute atomic E-state index is 11.9. The van der Waals surface area contributed by atoms with Crippen molar-refractivity contribution in [2.75, 3.05) is 5.32 Å². The van der Waals surface area contributed by atoms with Crippen LogP contribution in [0.1, 0.15) is 15.9 Å². The third-order valence-electron chi connectivity index (χ3n) is 2.40. The van der Waals surface area contributed by atoms with Gasteiger partial charge in [0.25, 0.3) is 5.91 Å². The average Bonchev–Trinajstić information content (AvgIpc) is 2.80. The third kappa shape index (κ3) is 2.47. The molecular weight excluding hydrogens is 268 g/mol. The van der Waals surface area contributed by atoms with Crippen molar-refractivity contribution in [3.05, 3.63) is 35.5 Å². The Morgan fingerprint density at radius 2 is 2.11 bits per heavy atom. The summed E-state index contributed by atoms with van der Waals surface area (Å²) in [7, 11) is 0. The molecule has 2 aromatic rings. The highest BCUT2D eigenvalue weighted by Crippen LogP contribution is 2.28. The lowest BCUT2D eigenvalue weighted by Crippen LogP contribution is -2.17. The SMILES string of the molecule is NC(=S)c1cn[nH]c1NC(=O)c1cccc(O)c1O. The molecule has 19 heavy (non-hydrogen) atoms. The Kier molecular flexibility index (Phi) is 3.34. The summed E-state index contributed by atoms with van der Waals surface area (Å²) in [4.78, 5) is 12.0. The summed E-state index contributed by atoms with van der Waals surface area (Å²) in [6.07, 6.45) is 1.38. The Hall–Kier alpha value is -2.61. The zero-order valence-corrected chi connectivity index (χ0v) is 10.4. The van der Waals surface area contributed by atoms with Gasteiger partial charge in [-0.15, -0.1) is 0 Å². The normalized spacial score (nSPS) is 10.1. The summed E-state index contributed by atoms with van der Waals surface area (Å²) >= 11 is 4.80. The molecular formula is C11H10N4O3S. The summed E-state index contributed by atoms with van der Waals surface area (Å²) in [6.45, 7) is 0. The van der Waals surface area contributed by atoms with Crippen molar-refractivity contribution in [2.45, 2.75) is 0 Å². The molecule has 8 heteroatoms. The highest BCUT2D eigenvalue weighted by atomic mass is 32.1. The van der Waals surface area contributed by atoms with Crippen molar-refractivity contribution in [1.29, 1.82) is 0 Å². The third-order valence-corrected chi connectivity index (χ3v) is 2.62. The minimum absolute atomic E-state index is 0.0733. The summed E-state index contributed by atoms with van der Waals surface area (Å²) in [5.41, 5.74) is 5.76. The van der Waals surface area contributed by atoms with Gasteiger partial charge in [-0.25, -0.2) is 0 Å². The van der Waals surface area contributed by atoms with Crippen molar-refractivity contribution >= 4 is 28.9 Å². The lowest BCUT2D eigenvalue weighted by molar-refractivity contribution is 0.102. The Bertz CT molecular complexity index is 653. The van der Waals surface area contributed by atoms with Crippen molar-refractivity contribution in [2.24, 2.45) is 5.73 Å². The molecule has 1 heterocycles. The van der Waals surface area contributed by atoms with E-state index in [4.69, 9.17) is 18.0 Å². The summed E-state index contributed by atoms with van der Waals surface area (Å²) in [5, 5.41) is 27.6. The number of thiocarbonyl (C=S) groups is 1. The number of aromatic hydroxyl groups is 2. The number of anilines is 1. The monoisotopic (exact) mass is 278 g/mol. The standard InChI is InChI=1S/C11H10N4O3S/c12-9(19)6-4-13-15-10(6)14-11(18)5-2-1-3-7(16)8(5)17/h1-4,16-17H,(H2,12,19)(H2,13,14,15,18). The number of hydrogen-bond acceptors (Lipinski definition) is 5. The van der Waals surface area contributed by atoms with Crippen LogP contribution in [0.25, 0.3) is 0 Å². The molecule has 0 aliphatic rings. The number of carbonyl (C=O) groups excluding carboxylic acids is 1. The van der Waals surface area contributed by atoms with E-state index in [1.54, 1.807) is 0 Å². The number of para-hydroxylation sites is 1. The molecule has 98 valence electrons. The Morgan fingerprint density at radius 3 is 2.79 bits per heavy atom. The Labute approximate surface area is 113 Å². The number of rotatable bonds is 3. The van der Waals surface area contributed by atoms with E-state index in [9.17, 15) is 15.0 Å². The number of aromatic nitrogens is 2. The van der Waals surface area contributed by atoms with E-state index >= 15 is 0 Å². The predicted octanol–water partition coefficient (Wildman–Crippen LogP) is 0.707. The van der Waals surface area contributed by atoms with Gasteiger partial charge in [0.2, 0.25) is 0 Å². The number of amides is 1. The number of carbonyl (C=O) groups is 1. The maximum Gasteiger partial charge on any atom is 0.260 e. The van der Waals surface area contributed by atoms with Gasteiger partial charge in [-0.05, 0) is 12.1 Å². The van der Waals surface area contributed by atoms with Crippen LogP contribution in [0.5, 0.6) is 11.5 Å². The molecule has 1 amide bonds. The number of hydrogen-bond donors (Lipinski definition) is 5. The molecule has 0 unspecified atom stereocenters. The van der Waals surface area contributed by atoms with Crippen molar-refractivity contribution in [3.8, 4) is 11.5 Å². The average molecular weight is 278 g/mol. The fraction of sp³-hybridized carbons (Fsp3) is 0. The summed E-state index contributed by atoms with van der Waals surface area (Å²) in [5.74, 6) is -1.29. The first kappa shape index (κ1) is 12.8. The second-order valence-corrected chi connectivity index (χ2v) is 4.09. The van der Waals surface area contributed by atoms with Crippen molar-refractivity contribution in [1.82, 2.24) is 10.2 Å². The van der Waals surface area contributed by atoms with Crippen LogP contribution < -0.4 is 11.1 Å². The first-order valence-corrected chi connectivity index (χ1v) is 5.57. The Balaban J connectivity index is 2.29. The molecule has 1 aromatic carbocycles. The van der Waals surface area contributed by atoms with Gasteiger partial charge in [-0.2, -0.15) is 5.10 Å². The molecule has 2 rings (SSSR count). The van der Waals surface area contributed by atoms with Gasteiger partial charge in [-0.1, -0.05) is 18.3 Å². The van der Waals surface area contributed by atoms with Crippen LogP contribution in [0.3, 0.4) is 0 Å².